The van der Waals surface area contributed by atoms with Gasteiger partial charge in [0, 0.05) is 11.6 Å². The smallest absolute Gasteiger partial charge is 0.141 e. The molecule has 1 aliphatic carbocycles. The van der Waals surface area contributed by atoms with Crippen molar-refractivity contribution >= 4 is 16.6 Å². The largest absolute Gasteiger partial charge is 0.346 e. The average Bonchev–Trinajstić information content (AvgIpc) is 2.86. The van der Waals surface area contributed by atoms with Crippen LogP contribution in [0.2, 0.25) is 0 Å². The minimum absolute atomic E-state index is 0.610. The molecule has 1 atom stereocenters. The minimum Gasteiger partial charge on any atom is -0.346 e. The summed E-state index contributed by atoms with van der Waals surface area (Å²) in [4.78, 5) is 11.8. The van der Waals surface area contributed by atoms with E-state index < -0.39 is 0 Å². The molecule has 1 N–H and O–H groups in total. The molecule has 0 aromatic carbocycles. The van der Waals surface area contributed by atoms with Crippen LogP contribution in [-0.2, 0) is 0 Å². The number of fused-ring (bicyclic) bond motifs is 1. The quantitative estimate of drug-likeness (QED) is 0.867. The van der Waals surface area contributed by atoms with E-state index in [-0.39, 0.29) is 0 Å². The Hall–Kier alpha value is -1.90. The van der Waals surface area contributed by atoms with E-state index in [2.05, 4.69) is 47.0 Å². The molecule has 2 heterocycles. The number of rotatable bonds is 2. The first-order valence-corrected chi connectivity index (χ1v) is 6.47. The zero-order valence-electron chi connectivity index (χ0n) is 10.8. The van der Waals surface area contributed by atoms with E-state index in [1.54, 1.807) is 6.33 Å². The molecule has 3 nitrogen and oxygen atoms in total. The molecule has 18 heavy (non-hydrogen) atoms. The number of nitrogens with one attached hydrogen (secondary N) is 1. The monoisotopic (exact) mass is 239 g/mol. The van der Waals surface area contributed by atoms with Crippen LogP contribution in [0.25, 0.3) is 16.6 Å². The number of aromatic nitrogens is 3. The van der Waals surface area contributed by atoms with E-state index in [1.807, 2.05) is 6.20 Å². The predicted octanol–water partition coefficient (Wildman–Crippen LogP) is 3.72. The van der Waals surface area contributed by atoms with Crippen molar-refractivity contribution in [1.82, 2.24) is 15.0 Å². The van der Waals surface area contributed by atoms with Crippen molar-refractivity contribution in [2.24, 2.45) is 5.92 Å². The average molecular weight is 239 g/mol. The maximum atomic E-state index is 4.46. The van der Waals surface area contributed by atoms with Crippen molar-refractivity contribution in [3.63, 3.8) is 0 Å². The van der Waals surface area contributed by atoms with Gasteiger partial charge >= 0.3 is 0 Å². The zero-order chi connectivity index (χ0) is 12.5. The van der Waals surface area contributed by atoms with Gasteiger partial charge in [-0.15, -0.1) is 0 Å². The van der Waals surface area contributed by atoms with Gasteiger partial charge in [0.15, 0.2) is 0 Å². The molecule has 0 amide bonds. The van der Waals surface area contributed by atoms with E-state index in [4.69, 9.17) is 0 Å². The second-order valence-electron chi connectivity index (χ2n) is 4.85. The second-order valence-corrected chi connectivity index (χ2v) is 4.85. The van der Waals surface area contributed by atoms with Crippen LogP contribution < -0.4 is 0 Å². The van der Waals surface area contributed by atoms with Crippen LogP contribution in [-0.4, -0.2) is 15.0 Å². The van der Waals surface area contributed by atoms with Gasteiger partial charge in [0.05, 0.1) is 5.69 Å². The number of allylic oxidation sites excluding steroid dienone is 4. The maximum Gasteiger partial charge on any atom is 0.141 e. The molecule has 3 rings (SSSR count). The fraction of sp³-hybridized carbons (Fsp3) is 0.333. The molecule has 2 aromatic heterocycles. The topological polar surface area (TPSA) is 41.6 Å². The van der Waals surface area contributed by atoms with Crippen LogP contribution in [0.15, 0.2) is 36.3 Å². The summed E-state index contributed by atoms with van der Waals surface area (Å²) in [5, 5.41) is 1.12. The van der Waals surface area contributed by atoms with Crippen molar-refractivity contribution in [3.05, 3.63) is 42.0 Å². The van der Waals surface area contributed by atoms with Gasteiger partial charge in [0.2, 0.25) is 0 Å². The Morgan fingerprint density at radius 3 is 3.00 bits per heavy atom. The van der Waals surface area contributed by atoms with Gasteiger partial charge in [-0.25, -0.2) is 9.97 Å². The second kappa shape index (κ2) is 4.41. The Bertz CT molecular complexity index is 634. The normalized spacial score (nSPS) is 19.8. The molecule has 1 aliphatic rings. The summed E-state index contributed by atoms with van der Waals surface area (Å²) >= 11 is 0. The van der Waals surface area contributed by atoms with E-state index in [0.29, 0.717) is 5.92 Å². The molecule has 2 aromatic rings. The molecule has 3 heteroatoms. The number of H-pyrrole nitrogens is 1. The van der Waals surface area contributed by atoms with Gasteiger partial charge in [-0.3, -0.25) is 0 Å². The highest BCUT2D eigenvalue weighted by molar-refractivity contribution is 5.88. The predicted molar refractivity (Wildman–Crippen MR) is 74.0 cm³/mol. The van der Waals surface area contributed by atoms with Crippen LogP contribution in [0.1, 0.15) is 32.4 Å². The molecular weight excluding hydrogens is 222 g/mol. The number of hydrogen-bond donors (Lipinski definition) is 1. The molecule has 1 unspecified atom stereocenters. The number of nitrogens with zero attached hydrogens (tertiary/aromatic N) is 2. The van der Waals surface area contributed by atoms with Gasteiger partial charge in [-0.05, 0) is 30.4 Å². The van der Waals surface area contributed by atoms with Crippen molar-refractivity contribution in [2.75, 3.05) is 0 Å². The Morgan fingerprint density at radius 1 is 1.33 bits per heavy atom. The molecule has 0 radical (unpaired) electrons. The number of aromatic amines is 1. The third-order valence-electron chi connectivity index (χ3n) is 3.72. The highest BCUT2D eigenvalue weighted by Gasteiger charge is 2.17. The molecule has 0 spiro atoms. The maximum absolute atomic E-state index is 4.46. The summed E-state index contributed by atoms with van der Waals surface area (Å²) < 4.78 is 0. The van der Waals surface area contributed by atoms with E-state index >= 15 is 0 Å². The van der Waals surface area contributed by atoms with Crippen LogP contribution >= 0.6 is 0 Å². The van der Waals surface area contributed by atoms with Crippen LogP contribution in [0, 0.1) is 5.92 Å². The zero-order valence-corrected chi connectivity index (χ0v) is 10.8. The summed E-state index contributed by atoms with van der Waals surface area (Å²) in [5.41, 5.74) is 4.82. The van der Waals surface area contributed by atoms with Crippen LogP contribution in [0.4, 0.5) is 0 Å². The molecular formula is C15H17N3. The number of hydrogen-bond acceptors (Lipinski definition) is 2. The van der Waals surface area contributed by atoms with Crippen molar-refractivity contribution < 1.29 is 0 Å². The van der Waals surface area contributed by atoms with Gasteiger partial charge in [-0.2, -0.15) is 0 Å². The molecule has 0 fully saturated rings. The lowest BCUT2D eigenvalue weighted by Gasteiger charge is -2.20. The molecule has 0 bridgehead atoms. The van der Waals surface area contributed by atoms with Crippen molar-refractivity contribution in [1.29, 1.82) is 0 Å². The summed E-state index contributed by atoms with van der Waals surface area (Å²) in [6, 6.07) is 2.05. The van der Waals surface area contributed by atoms with E-state index in [0.717, 1.165) is 29.6 Å². The molecule has 92 valence electrons. The molecule has 0 saturated heterocycles. The highest BCUT2D eigenvalue weighted by Crippen LogP contribution is 2.33. The van der Waals surface area contributed by atoms with E-state index in [9.17, 15) is 0 Å². The lowest BCUT2D eigenvalue weighted by atomic mass is 9.85. The first kappa shape index (κ1) is 11.2. The van der Waals surface area contributed by atoms with Crippen molar-refractivity contribution in [3.8, 4) is 0 Å². The van der Waals surface area contributed by atoms with Gasteiger partial charge in [0.25, 0.3) is 0 Å². The third kappa shape index (κ3) is 1.76. The van der Waals surface area contributed by atoms with Crippen LogP contribution in [0.3, 0.4) is 0 Å². The first-order chi connectivity index (χ1) is 8.79. The fourth-order valence-corrected chi connectivity index (χ4v) is 2.67. The molecule has 0 aliphatic heterocycles. The Labute approximate surface area is 107 Å². The summed E-state index contributed by atoms with van der Waals surface area (Å²) in [7, 11) is 0. The van der Waals surface area contributed by atoms with Gasteiger partial charge < -0.3 is 4.98 Å². The Balaban J connectivity index is 2.08. The lowest BCUT2D eigenvalue weighted by molar-refractivity contribution is 0.669. The Morgan fingerprint density at radius 2 is 2.22 bits per heavy atom. The first-order valence-electron chi connectivity index (χ1n) is 6.47. The summed E-state index contributed by atoms with van der Waals surface area (Å²) in [6.45, 7) is 4.51. The van der Waals surface area contributed by atoms with Gasteiger partial charge in [-0.1, -0.05) is 31.6 Å². The van der Waals surface area contributed by atoms with Gasteiger partial charge in [0.1, 0.15) is 12.0 Å². The summed E-state index contributed by atoms with van der Waals surface area (Å²) in [6.07, 6.45) is 10.2. The SMILES string of the molecule is CCC1=CC=C(c2ncnc3[nH]ccc23)CC1C. The Kier molecular flexibility index (Phi) is 2.74. The molecule has 0 saturated carbocycles. The fourth-order valence-electron chi connectivity index (χ4n) is 2.67. The third-order valence-corrected chi connectivity index (χ3v) is 3.72. The van der Waals surface area contributed by atoms with Crippen LogP contribution in [0.5, 0.6) is 0 Å². The highest BCUT2D eigenvalue weighted by atomic mass is 14.9. The lowest BCUT2D eigenvalue weighted by Crippen LogP contribution is -2.05. The minimum atomic E-state index is 0.610. The summed E-state index contributed by atoms with van der Waals surface area (Å²) in [5.74, 6) is 0.610. The van der Waals surface area contributed by atoms with Crippen molar-refractivity contribution in [2.45, 2.75) is 26.7 Å². The van der Waals surface area contributed by atoms with E-state index in [1.165, 1.54) is 11.1 Å². The standard InChI is InChI=1S/C15H17N3/c1-3-11-4-5-12(8-10(11)2)14-13-6-7-16-15(13)18-9-17-14/h4-7,9-10H,3,8H2,1-2H3,(H,16,17,18).